The van der Waals surface area contributed by atoms with Crippen molar-refractivity contribution in [3.05, 3.63) is 72.7 Å². The number of nitrogens with one attached hydrogen (secondary N) is 1. The van der Waals surface area contributed by atoms with E-state index in [1.807, 2.05) is 49.8 Å². The van der Waals surface area contributed by atoms with Crippen LogP contribution >= 0.6 is 11.8 Å². The average Bonchev–Trinajstić information content (AvgIpc) is 3.35. The fourth-order valence-corrected chi connectivity index (χ4v) is 4.69. The van der Waals surface area contributed by atoms with Crippen LogP contribution in [-0.2, 0) is 4.79 Å². The molecule has 2 aromatic heterocycles. The summed E-state index contributed by atoms with van der Waals surface area (Å²) in [4.78, 5) is 18.8. The highest BCUT2D eigenvalue weighted by atomic mass is 32.2. The van der Waals surface area contributed by atoms with E-state index < -0.39 is 5.60 Å². The Morgan fingerprint density at radius 2 is 2.03 bits per heavy atom. The van der Waals surface area contributed by atoms with Crippen molar-refractivity contribution >= 4 is 28.8 Å². The van der Waals surface area contributed by atoms with Crippen LogP contribution in [0.3, 0.4) is 0 Å². The van der Waals surface area contributed by atoms with Gasteiger partial charge in [0, 0.05) is 42.8 Å². The molecule has 1 atom stereocenters. The summed E-state index contributed by atoms with van der Waals surface area (Å²) in [5.74, 6) is 0.818. The van der Waals surface area contributed by atoms with Crippen LogP contribution in [0.25, 0.3) is 5.82 Å². The molecule has 0 bridgehead atoms. The first kappa shape index (κ1) is 23.1. The van der Waals surface area contributed by atoms with E-state index >= 15 is 0 Å². The van der Waals surface area contributed by atoms with E-state index in [-0.39, 0.29) is 5.92 Å². The van der Waals surface area contributed by atoms with Gasteiger partial charge in [0.15, 0.2) is 11.4 Å². The van der Waals surface area contributed by atoms with E-state index in [0.717, 1.165) is 52.1 Å². The van der Waals surface area contributed by atoms with Crippen molar-refractivity contribution in [2.24, 2.45) is 0 Å². The van der Waals surface area contributed by atoms with Gasteiger partial charge in [0.25, 0.3) is 0 Å². The summed E-state index contributed by atoms with van der Waals surface area (Å²) in [6.45, 7) is 7.38. The highest BCUT2D eigenvalue weighted by Gasteiger charge is 2.29. The lowest BCUT2D eigenvalue weighted by Crippen LogP contribution is -2.43. The van der Waals surface area contributed by atoms with Gasteiger partial charge in [-0.25, -0.2) is 9.67 Å². The number of benzene rings is 1. The zero-order valence-corrected chi connectivity index (χ0v) is 19.8. The molecular weight excluding hydrogens is 434 g/mol. The maximum atomic E-state index is 11.0. The first-order chi connectivity index (χ1) is 16.0. The van der Waals surface area contributed by atoms with Gasteiger partial charge < -0.3 is 15.3 Å². The van der Waals surface area contributed by atoms with Crippen molar-refractivity contribution in [1.82, 2.24) is 14.8 Å². The number of piperidine rings is 1. The Morgan fingerprint density at radius 1 is 1.24 bits per heavy atom. The molecule has 0 amide bonds. The summed E-state index contributed by atoms with van der Waals surface area (Å²) in [5, 5.41) is 18.2. The molecule has 0 radical (unpaired) electrons. The molecule has 2 N–H and O–H groups in total. The van der Waals surface area contributed by atoms with Gasteiger partial charge in [-0.2, -0.15) is 5.10 Å². The maximum absolute atomic E-state index is 11.0. The normalized spacial score (nSPS) is 16.3. The number of rotatable bonds is 8. The van der Waals surface area contributed by atoms with E-state index in [9.17, 15) is 9.90 Å². The zero-order chi connectivity index (χ0) is 23.4. The van der Waals surface area contributed by atoms with Crippen LogP contribution in [0.4, 0.5) is 11.4 Å². The highest BCUT2D eigenvalue weighted by molar-refractivity contribution is 8.12. The lowest BCUT2D eigenvalue weighted by molar-refractivity contribution is 0.0650. The number of hydrogen-bond donors (Lipinski definition) is 2. The molecule has 0 aliphatic carbocycles. The second kappa shape index (κ2) is 9.80. The second-order valence-corrected chi connectivity index (χ2v) is 9.16. The first-order valence-electron chi connectivity index (χ1n) is 11.0. The summed E-state index contributed by atoms with van der Waals surface area (Å²) >= 11 is 1.17. The molecule has 3 aromatic rings. The van der Waals surface area contributed by atoms with Gasteiger partial charge in [-0.15, -0.1) is 6.58 Å². The summed E-state index contributed by atoms with van der Waals surface area (Å²) in [6.07, 6.45) is 6.76. The zero-order valence-electron chi connectivity index (χ0n) is 18.9. The number of aromatic nitrogens is 3. The first-order valence-corrected chi connectivity index (χ1v) is 11.9. The predicted molar refractivity (Wildman–Crippen MR) is 134 cm³/mol. The minimum Gasteiger partial charge on any atom is -0.387 e. The third kappa shape index (κ3) is 4.96. The highest BCUT2D eigenvalue weighted by Crippen LogP contribution is 2.32. The van der Waals surface area contributed by atoms with Gasteiger partial charge >= 0.3 is 0 Å². The number of nitrogens with zero attached hydrogens (tertiary/aromatic N) is 4. The molecule has 172 valence electrons. The van der Waals surface area contributed by atoms with E-state index in [1.54, 1.807) is 10.8 Å². The van der Waals surface area contributed by atoms with Crippen molar-refractivity contribution in [3.8, 4) is 5.82 Å². The fraction of sp³-hybridized carbons (Fsp3) is 0.320. The van der Waals surface area contributed by atoms with Gasteiger partial charge in [0.1, 0.15) is 0 Å². The monoisotopic (exact) mass is 463 g/mol. The van der Waals surface area contributed by atoms with E-state index in [1.165, 1.54) is 11.8 Å². The average molecular weight is 464 g/mol. The van der Waals surface area contributed by atoms with Crippen LogP contribution < -0.4 is 10.2 Å². The lowest BCUT2D eigenvalue weighted by Gasteiger charge is -2.37. The van der Waals surface area contributed by atoms with Gasteiger partial charge in [0.2, 0.25) is 0 Å². The molecule has 7 nitrogen and oxygen atoms in total. The topological polar surface area (TPSA) is 83.3 Å². The predicted octanol–water partition coefficient (Wildman–Crippen LogP) is 4.26. The second-order valence-electron chi connectivity index (χ2n) is 8.30. The summed E-state index contributed by atoms with van der Waals surface area (Å²) < 4.78 is 1.78. The molecule has 1 aliphatic rings. The van der Waals surface area contributed by atoms with Crippen LogP contribution in [-0.4, -0.2) is 51.2 Å². The third-order valence-corrected chi connectivity index (χ3v) is 7.03. The number of thioether (sulfide) groups is 1. The molecule has 33 heavy (non-hydrogen) atoms. The Labute approximate surface area is 198 Å². The molecule has 1 fully saturated rings. The minimum atomic E-state index is -0.758. The summed E-state index contributed by atoms with van der Waals surface area (Å²) in [5.41, 5.74) is 4.08. The Kier molecular flexibility index (Phi) is 6.85. The number of carbonyl (C=O) groups excluding carboxylic acids is 1. The van der Waals surface area contributed by atoms with Crippen LogP contribution in [0, 0.1) is 0 Å². The van der Waals surface area contributed by atoms with E-state index in [2.05, 4.69) is 34.8 Å². The number of pyridine rings is 1. The van der Waals surface area contributed by atoms with Gasteiger partial charge in [0.05, 0.1) is 23.2 Å². The molecule has 1 aromatic carbocycles. The standard InChI is InChI=1S/C25H29N5O2S/c1-4-25(32)10-13-29(14-11-25)20-6-8-24(27-16-20)30-12-9-21(28-30)18(2)19-5-7-22(26-3)23(15-19)33-17-31/h4-9,12,15-18,26,32H,1,10-11,13-14H2,2-3H3. The maximum Gasteiger partial charge on any atom is 0.181 e. The van der Waals surface area contributed by atoms with Crippen molar-refractivity contribution in [2.45, 2.75) is 36.2 Å². The number of anilines is 2. The molecule has 8 heteroatoms. The quantitative estimate of drug-likeness (QED) is 0.293. The Bertz CT molecular complexity index is 1120. The Morgan fingerprint density at radius 3 is 2.67 bits per heavy atom. The molecule has 3 heterocycles. The van der Waals surface area contributed by atoms with Gasteiger partial charge in [-0.3, -0.25) is 4.79 Å². The lowest BCUT2D eigenvalue weighted by atomic mass is 9.91. The number of carbonyl (C=O) groups is 1. The Hall–Kier alpha value is -3.10. The molecule has 4 rings (SSSR count). The Balaban J connectivity index is 1.48. The molecule has 0 saturated carbocycles. The van der Waals surface area contributed by atoms with Crippen molar-refractivity contribution < 1.29 is 9.90 Å². The largest absolute Gasteiger partial charge is 0.387 e. The molecular formula is C25H29N5O2S. The molecule has 1 unspecified atom stereocenters. The molecule has 1 saturated heterocycles. The van der Waals surface area contributed by atoms with Crippen molar-refractivity contribution in [3.63, 3.8) is 0 Å². The van der Waals surface area contributed by atoms with Crippen LogP contribution in [0.15, 0.2) is 66.3 Å². The third-order valence-electron chi connectivity index (χ3n) is 6.34. The van der Waals surface area contributed by atoms with Crippen molar-refractivity contribution in [1.29, 1.82) is 0 Å². The molecule has 0 spiro atoms. The van der Waals surface area contributed by atoms with E-state index in [4.69, 9.17) is 5.10 Å². The number of hydrogen-bond acceptors (Lipinski definition) is 7. The van der Waals surface area contributed by atoms with Crippen LogP contribution in [0.2, 0.25) is 0 Å². The van der Waals surface area contributed by atoms with E-state index in [0.29, 0.717) is 12.8 Å². The SMILES string of the molecule is C=CC1(O)CCN(c2ccc(-n3ccc(C(C)c4ccc(NC)c(SC=O)c4)n3)nc2)CC1. The summed E-state index contributed by atoms with van der Waals surface area (Å²) in [7, 11) is 1.85. The minimum absolute atomic E-state index is 0.0689. The van der Waals surface area contributed by atoms with Crippen LogP contribution in [0.1, 0.15) is 36.9 Å². The molecule has 1 aliphatic heterocycles. The van der Waals surface area contributed by atoms with Crippen LogP contribution in [0.5, 0.6) is 0 Å². The summed E-state index contributed by atoms with van der Waals surface area (Å²) in [6, 6.07) is 12.1. The number of aliphatic hydroxyl groups is 1. The van der Waals surface area contributed by atoms with Gasteiger partial charge in [-0.05, 0) is 48.7 Å². The van der Waals surface area contributed by atoms with Gasteiger partial charge in [-0.1, -0.05) is 30.8 Å². The van der Waals surface area contributed by atoms with Crippen molar-refractivity contribution in [2.75, 3.05) is 30.4 Å². The fourth-order valence-electron chi connectivity index (χ4n) is 4.09. The smallest absolute Gasteiger partial charge is 0.181 e.